The van der Waals surface area contributed by atoms with E-state index in [4.69, 9.17) is 0 Å². The Labute approximate surface area is 181 Å². The Hall–Kier alpha value is -2.15. The van der Waals surface area contributed by atoms with Gasteiger partial charge in [-0.2, -0.15) is 0 Å². The van der Waals surface area contributed by atoms with Gasteiger partial charge in [-0.05, 0) is 61.7 Å². The van der Waals surface area contributed by atoms with Crippen molar-refractivity contribution in [3.63, 3.8) is 0 Å². The summed E-state index contributed by atoms with van der Waals surface area (Å²) in [6.45, 7) is 2.07. The van der Waals surface area contributed by atoms with E-state index in [1.54, 1.807) is 12.1 Å². The van der Waals surface area contributed by atoms with Crippen LogP contribution in [0, 0.1) is 11.7 Å². The quantitative estimate of drug-likeness (QED) is 0.531. The molecule has 1 aliphatic rings. The highest BCUT2D eigenvalue weighted by Gasteiger charge is 2.16. The lowest BCUT2D eigenvalue weighted by atomic mass is 10.0. The molecule has 5 nitrogen and oxygen atoms in total. The SMILES string of the molecule is Cl.Cl.O=C(CCC1CCNC1)Nc1ccc2nc(Cc3ccccc3F)[nH]c2c1. The van der Waals surface area contributed by atoms with E-state index < -0.39 is 0 Å². The molecular weight excluding hydrogens is 414 g/mol. The van der Waals surface area contributed by atoms with Gasteiger partial charge in [0.25, 0.3) is 0 Å². The first kappa shape index (κ1) is 23.1. The molecule has 2 heterocycles. The maximum absolute atomic E-state index is 13.8. The number of carbonyl (C=O) groups is 1. The molecule has 1 amide bonds. The van der Waals surface area contributed by atoms with Crippen LogP contribution in [-0.2, 0) is 11.2 Å². The first-order valence-electron chi connectivity index (χ1n) is 9.40. The Morgan fingerprint density at radius 2 is 2.03 bits per heavy atom. The number of fused-ring (bicyclic) bond motifs is 1. The van der Waals surface area contributed by atoms with Crippen LogP contribution < -0.4 is 10.6 Å². The Morgan fingerprint density at radius 1 is 1.21 bits per heavy atom. The van der Waals surface area contributed by atoms with Crippen molar-refractivity contribution in [2.45, 2.75) is 25.7 Å². The van der Waals surface area contributed by atoms with Crippen molar-refractivity contribution in [2.24, 2.45) is 5.92 Å². The second-order valence-corrected chi connectivity index (χ2v) is 7.13. The maximum atomic E-state index is 13.8. The average molecular weight is 439 g/mol. The zero-order valence-electron chi connectivity index (χ0n) is 15.9. The fourth-order valence-corrected chi connectivity index (χ4v) is 3.57. The van der Waals surface area contributed by atoms with Crippen molar-refractivity contribution < 1.29 is 9.18 Å². The number of anilines is 1. The lowest BCUT2D eigenvalue weighted by Gasteiger charge is -2.08. The van der Waals surface area contributed by atoms with Gasteiger partial charge in [0.2, 0.25) is 5.91 Å². The number of nitrogens with one attached hydrogen (secondary N) is 3. The number of hydrogen-bond acceptors (Lipinski definition) is 3. The zero-order chi connectivity index (χ0) is 18.6. The number of aromatic nitrogens is 2. The molecule has 1 saturated heterocycles. The summed E-state index contributed by atoms with van der Waals surface area (Å²) >= 11 is 0. The normalized spacial score (nSPS) is 15.6. The van der Waals surface area contributed by atoms with Gasteiger partial charge in [0.05, 0.1) is 11.0 Å². The second kappa shape index (κ2) is 10.6. The van der Waals surface area contributed by atoms with Gasteiger partial charge >= 0.3 is 0 Å². The Morgan fingerprint density at radius 3 is 2.79 bits per heavy atom. The van der Waals surface area contributed by atoms with Crippen LogP contribution in [0.3, 0.4) is 0 Å². The molecule has 29 heavy (non-hydrogen) atoms. The molecule has 1 aliphatic heterocycles. The lowest BCUT2D eigenvalue weighted by Crippen LogP contribution is -2.14. The summed E-state index contributed by atoms with van der Waals surface area (Å²) in [6, 6.07) is 12.3. The molecule has 8 heteroatoms. The van der Waals surface area contributed by atoms with Crippen LogP contribution in [0.1, 0.15) is 30.7 Å². The van der Waals surface area contributed by atoms with E-state index in [0.717, 1.165) is 42.7 Å². The molecule has 0 aliphatic carbocycles. The summed E-state index contributed by atoms with van der Waals surface area (Å²) in [7, 11) is 0. The largest absolute Gasteiger partial charge is 0.342 e. The second-order valence-electron chi connectivity index (χ2n) is 7.13. The standard InChI is InChI=1S/C21H23FN4O.2ClH/c22-17-4-2-1-3-15(17)11-20-25-18-7-6-16(12-19(18)26-20)24-21(27)8-5-14-9-10-23-13-14;;/h1-4,6-7,12,14,23H,5,8-11,13H2,(H,24,27)(H,25,26);2*1H. The average Bonchev–Trinajstić information content (AvgIpc) is 3.31. The van der Waals surface area contributed by atoms with E-state index in [2.05, 4.69) is 20.6 Å². The Balaban J connectivity index is 0.00000150. The summed E-state index contributed by atoms with van der Waals surface area (Å²) in [5.74, 6) is 1.11. The number of hydrogen-bond donors (Lipinski definition) is 3. The third-order valence-corrected chi connectivity index (χ3v) is 5.07. The molecule has 1 fully saturated rings. The molecule has 156 valence electrons. The van der Waals surface area contributed by atoms with Crippen LogP contribution in [-0.4, -0.2) is 29.0 Å². The smallest absolute Gasteiger partial charge is 0.224 e. The van der Waals surface area contributed by atoms with E-state index in [9.17, 15) is 9.18 Å². The van der Waals surface area contributed by atoms with Crippen molar-refractivity contribution in [3.05, 3.63) is 59.7 Å². The van der Waals surface area contributed by atoms with Crippen LogP contribution in [0.5, 0.6) is 0 Å². The summed E-state index contributed by atoms with van der Waals surface area (Å²) in [6.07, 6.45) is 3.00. The van der Waals surface area contributed by atoms with Gasteiger partial charge in [-0.3, -0.25) is 4.79 Å². The van der Waals surface area contributed by atoms with Crippen LogP contribution in [0.15, 0.2) is 42.5 Å². The zero-order valence-corrected chi connectivity index (χ0v) is 17.5. The van der Waals surface area contributed by atoms with Crippen LogP contribution in [0.4, 0.5) is 10.1 Å². The first-order valence-corrected chi connectivity index (χ1v) is 9.40. The summed E-state index contributed by atoms with van der Waals surface area (Å²) in [5.41, 5.74) is 2.99. The van der Waals surface area contributed by atoms with Gasteiger partial charge in [0, 0.05) is 18.5 Å². The highest BCUT2D eigenvalue weighted by atomic mass is 35.5. The van der Waals surface area contributed by atoms with Gasteiger partial charge < -0.3 is 15.6 Å². The monoisotopic (exact) mass is 438 g/mol. The minimum Gasteiger partial charge on any atom is -0.342 e. The molecule has 0 bridgehead atoms. The minimum atomic E-state index is -0.233. The molecule has 3 aromatic rings. The number of amides is 1. The predicted octanol–water partition coefficient (Wildman–Crippen LogP) is 4.46. The fraction of sp³-hybridized carbons (Fsp3) is 0.333. The number of rotatable bonds is 6. The molecule has 1 aromatic heterocycles. The molecule has 1 unspecified atom stereocenters. The molecule has 4 rings (SSSR count). The Kier molecular flexibility index (Phi) is 8.44. The highest BCUT2D eigenvalue weighted by Crippen LogP contribution is 2.20. The topological polar surface area (TPSA) is 69.8 Å². The van der Waals surface area contributed by atoms with Crippen molar-refractivity contribution in [1.82, 2.24) is 15.3 Å². The van der Waals surface area contributed by atoms with Crippen LogP contribution in [0.25, 0.3) is 11.0 Å². The number of benzene rings is 2. The number of nitrogens with zero attached hydrogens (tertiary/aromatic N) is 1. The lowest BCUT2D eigenvalue weighted by molar-refractivity contribution is -0.116. The van der Waals surface area contributed by atoms with Crippen molar-refractivity contribution in [3.8, 4) is 0 Å². The van der Waals surface area contributed by atoms with Gasteiger partial charge in [-0.25, -0.2) is 9.37 Å². The number of carbonyl (C=O) groups excluding carboxylic acids is 1. The number of imidazole rings is 1. The van der Waals surface area contributed by atoms with Gasteiger partial charge in [0.1, 0.15) is 11.6 Å². The Bertz CT molecular complexity index is 957. The first-order chi connectivity index (χ1) is 13.2. The molecule has 2 aromatic carbocycles. The summed E-state index contributed by atoms with van der Waals surface area (Å²) in [5, 5.41) is 6.28. The molecule has 3 N–H and O–H groups in total. The maximum Gasteiger partial charge on any atom is 0.224 e. The number of H-pyrrole nitrogens is 1. The molecule has 1 atom stereocenters. The van der Waals surface area contributed by atoms with E-state index in [1.807, 2.05) is 24.3 Å². The number of halogens is 3. The summed E-state index contributed by atoms with van der Waals surface area (Å²) < 4.78 is 13.8. The van der Waals surface area contributed by atoms with Gasteiger partial charge in [-0.1, -0.05) is 18.2 Å². The van der Waals surface area contributed by atoms with Gasteiger partial charge in [0.15, 0.2) is 0 Å². The van der Waals surface area contributed by atoms with Crippen LogP contribution in [0.2, 0.25) is 0 Å². The van der Waals surface area contributed by atoms with Crippen molar-refractivity contribution >= 4 is 47.4 Å². The molecule has 0 radical (unpaired) electrons. The van der Waals surface area contributed by atoms with Crippen molar-refractivity contribution in [2.75, 3.05) is 18.4 Å². The number of aromatic amines is 1. The van der Waals surface area contributed by atoms with Crippen molar-refractivity contribution in [1.29, 1.82) is 0 Å². The highest BCUT2D eigenvalue weighted by molar-refractivity contribution is 5.93. The molecule has 0 saturated carbocycles. The van der Waals surface area contributed by atoms with E-state index in [1.165, 1.54) is 6.07 Å². The minimum absolute atomic E-state index is 0. The fourth-order valence-electron chi connectivity index (χ4n) is 3.57. The third-order valence-electron chi connectivity index (χ3n) is 5.07. The predicted molar refractivity (Wildman–Crippen MR) is 119 cm³/mol. The third kappa shape index (κ3) is 5.92. The summed E-state index contributed by atoms with van der Waals surface area (Å²) in [4.78, 5) is 19.9. The molecule has 0 spiro atoms. The van der Waals surface area contributed by atoms with E-state index >= 15 is 0 Å². The van der Waals surface area contributed by atoms with E-state index in [-0.39, 0.29) is 36.5 Å². The molecular formula is C21H25Cl2FN4O. The van der Waals surface area contributed by atoms with Gasteiger partial charge in [-0.15, -0.1) is 24.8 Å². The van der Waals surface area contributed by atoms with Crippen LogP contribution >= 0.6 is 24.8 Å². The van der Waals surface area contributed by atoms with E-state index in [0.29, 0.717) is 30.1 Å².